The molecular weight excluding hydrogens is 292 g/mol. The Morgan fingerprint density at radius 3 is 2.35 bits per heavy atom. The van der Waals surface area contributed by atoms with E-state index in [4.69, 9.17) is 0 Å². The molecule has 0 aromatic carbocycles. The maximum atomic E-state index is 12.5. The second-order valence-corrected chi connectivity index (χ2v) is 6.35. The van der Waals surface area contributed by atoms with E-state index in [2.05, 4.69) is 46.2 Å². The Hall–Kier alpha value is -1.73. The Balaban J connectivity index is 1.84. The van der Waals surface area contributed by atoms with Crippen molar-refractivity contribution >= 4 is 11.9 Å². The fourth-order valence-electron chi connectivity index (χ4n) is 2.80. The van der Waals surface area contributed by atoms with Gasteiger partial charge in [-0.25, -0.2) is 9.97 Å². The lowest BCUT2D eigenvalue weighted by molar-refractivity contribution is 0.0640. The van der Waals surface area contributed by atoms with E-state index in [0.717, 1.165) is 39.0 Å². The number of hydrogen-bond acceptors (Lipinski definition) is 6. The highest BCUT2D eigenvalue weighted by molar-refractivity contribution is 5.93. The van der Waals surface area contributed by atoms with E-state index < -0.39 is 0 Å². The molecule has 1 aliphatic heterocycles. The quantitative estimate of drug-likeness (QED) is 0.829. The second kappa shape index (κ2) is 8.21. The zero-order chi connectivity index (χ0) is 16.8. The Morgan fingerprint density at radius 2 is 1.83 bits per heavy atom. The Labute approximate surface area is 138 Å². The number of carbonyl (C=O) groups excluding carboxylic acids is 1. The van der Waals surface area contributed by atoms with Crippen molar-refractivity contribution in [2.45, 2.75) is 18.9 Å². The molecule has 0 aliphatic carbocycles. The molecule has 0 spiro atoms. The van der Waals surface area contributed by atoms with Gasteiger partial charge in [-0.3, -0.25) is 4.79 Å². The largest absolute Gasteiger partial charge is 0.357 e. The second-order valence-electron chi connectivity index (χ2n) is 6.35. The molecule has 2 heterocycles. The number of aromatic nitrogens is 2. The van der Waals surface area contributed by atoms with Gasteiger partial charge >= 0.3 is 0 Å². The van der Waals surface area contributed by atoms with Crippen LogP contribution in [0.2, 0.25) is 0 Å². The Bertz CT molecular complexity index is 496. The Kier molecular flexibility index (Phi) is 6.29. The fourth-order valence-corrected chi connectivity index (χ4v) is 2.80. The van der Waals surface area contributed by atoms with Crippen molar-refractivity contribution in [1.29, 1.82) is 0 Å². The number of piperidine rings is 1. The monoisotopic (exact) mass is 320 g/mol. The van der Waals surface area contributed by atoms with E-state index in [1.807, 2.05) is 4.90 Å². The minimum atomic E-state index is 0.0297. The van der Waals surface area contributed by atoms with Gasteiger partial charge in [0.05, 0.1) is 5.56 Å². The van der Waals surface area contributed by atoms with Gasteiger partial charge < -0.3 is 20.0 Å². The van der Waals surface area contributed by atoms with Crippen LogP contribution < -0.4 is 5.32 Å². The molecule has 7 heteroatoms. The minimum Gasteiger partial charge on any atom is -0.357 e. The van der Waals surface area contributed by atoms with E-state index in [0.29, 0.717) is 17.6 Å². The summed E-state index contributed by atoms with van der Waals surface area (Å²) in [6.07, 6.45) is 5.23. The molecule has 0 atom stereocenters. The van der Waals surface area contributed by atoms with Crippen molar-refractivity contribution in [3.05, 3.63) is 18.0 Å². The first-order chi connectivity index (χ1) is 11.0. The predicted octanol–water partition coefficient (Wildman–Crippen LogP) is 0.616. The number of likely N-dealkylation sites (tertiary alicyclic amines) is 1. The third kappa shape index (κ3) is 4.87. The topological polar surface area (TPSA) is 64.6 Å². The fraction of sp³-hybridized carbons (Fsp3) is 0.688. The van der Waals surface area contributed by atoms with Crippen molar-refractivity contribution in [3.8, 4) is 0 Å². The highest BCUT2D eigenvalue weighted by Crippen LogP contribution is 2.17. The van der Waals surface area contributed by atoms with E-state index in [-0.39, 0.29) is 5.91 Å². The van der Waals surface area contributed by atoms with Crippen molar-refractivity contribution in [3.63, 3.8) is 0 Å². The van der Waals surface area contributed by atoms with Gasteiger partial charge in [0.25, 0.3) is 5.91 Å². The molecule has 1 fully saturated rings. The lowest BCUT2D eigenvalue weighted by atomic mass is 10.0. The third-order valence-electron chi connectivity index (χ3n) is 4.40. The summed E-state index contributed by atoms with van der Waals surface area (Å²) in [6.45, 7) is 3.71. The van der Waals surface area contributed by atoms with Crippen LogP contribution in [-0.2, 0) is 0 Å². The smallest absolute Gasteiger partial charge is 0.256 e. The SMILES string of the molecule is CNc1ncc(C(=O)N2CCC(N(C)CCN(C)C)CC2)cn1. The van der Waals surface area contributed by atoms with Gasteiger partial charge in [0, 0.05) is 51.7 Å². The lowest BCUT2D eigenvalue weighted by Crippen LogP contribution is -2.46. The number of carbonyl (C=O) groups is 1. The average molecular weight is 320 g/mol. The first-order valence-corrected chi connectivity index (χ1v) is 8.15. The summed E-state index contributed by atoms with van der Waals surface area (Å²) in [6, 6.07) is 0.557. The number of amides is 1. The van der Waals surface area contributed by atoms with Gasteiger partial charge in [0.1, 0.15) is 0 Å². The van der Waals surface area contributed by atoms with Crippen LogP contribution in [0.4, 0.5) is 5.95 Å². The number of rotatable bonds is 6. The summed E-state index contributed by atoms with van der Waals surface area (Å²) < 4.78 is 0. The number of nitrogens with zero attached hydrogens (tertiary/aromatic N) is 5. The van der Waals surface area contributed by atoms with E-state index in [1.165, 1.54) is 0 Å². The molecule has 7 nitrogen and oxygen atoms in total. The Morgan fingerprint density at radius 1 is 1.22 bits per heavy atom. The maximum absolute atomic E-state index is 12.5. The maximum Gasteiger partial charge on any atom is 0.256 e. The van der Waals surface area contributed by atoms with Gasteiger partial charge in [-0.05, 0) is 34.0 Å². The van der Waals surface area contributed by atoms with Crippen molar-refractivity contribution in [1.82, 2.24) is 24.7 Å². The summed E-state index contributed by atoms with van der Waals surface area (Å²) in [4.78, 5) is 27.2. The van der Waals surface area contributed by atoms with Gasteiger partial charge in [-0.15, -0.1) is 0 Å². The van der Waals surface area contributed by atoms with Crippen molar-refractivity contribution in [2.24, 2.45) is 0 Å². The highest BCUT2D eigenvalue weighted by atomic mass is 16.2. The molecule has 128 valence electrons. The van der Waals surface area contributed by atoms with E-state index >= 15 is 0 Å². The molecule has 0 bridgehead atoms. The molecule has 23 heavy (non-hydrogen) atoms. The van der Waals surface area contributed by atoms with E-state index in [1.54, 1.807) is 19.4 Å². The van der Waals surface area contributed by atoms with Crippen LogP contribution in [0.25, 0.3) is 0 Å². The normalized spacial score (nSPS) is 16.2. The average Bonchev–Trinajstić information content (AvgIpc) is 2.59. The van der Waals surface area contributed by atoms with Crippen LogP contribution in [-0.4, -0.2) is 91.0 Å². The summed E-state index contributed by atoms with van der Waals surface area (Å²) in [5.74, 6) is 0.560. The van der Waals surface area contributed by atoms with Gasteiger partial charge in [0.15, 0.2) is 0 Å². The van der Waals surface area contributed by atoms with Crippen molar-refractivity contribution < 1.29 is 4.79 Å². The zero-order valence-electron chi connectivity index (χ0n) is 14.6. The van der Waals surface area contributed by atoms with Gasteiger partial charge in [0.2, 0.25) is 5.95 Å². The molecule has 1 saturated heterocycles. The van der Waals surface area contributed by atoms with Crippen LogP contribution in [0.15, 0.2) is 12.4 Å². The number of likely N-dealkylation sites (N-methyl/N-ethyl adjacent to an activating group) is 2. The molecule has 0 unspecified atom stereocenters. The third-order valence-corrected chi connectivity index (χ3v) is 4.40. The molecule has 2 rings (SSSR count). The lowest BCUT2D eigenvalue weighted by Gasteiger charge is -2.37. The standard InChI is InChI=1S/C16H28N6O/c1-17-16-18-11-13(12-19-16)15(23)22-7-5-14(6-8-22)21(4)10-9-20(2)3/h11-12,14H,5-10H2,1-4H3,(H,17,18,19). The summed E-state index contributed by atoms with van der Waals surface area (Å²) >= 11 is 0. The van der Waals surface area contributed by atoms with Crippen LogP contribution in [0.5, 0.6) is 0 Å². The van der Waals surface area contributed by atoms with E-state index in [9.17, 15) is 4.79 Å². The number of hydrogen-bond donors (Lipinski definition) is 1. The minimum absolute atomic E-state index is 0.0297. The molecule has 1 N–H and O–H groups in total. The van der Waals surface area contributed by atoms with Crippen molar-refractivity contribution in [2.75, 3.05) is 59.7 Å². The summed E-state index contributed by atoms with van der Waals surface area (Å²) in [5, 5.41) is 2.85. The first kappa shape index (κ1) is 17.6. The molecule has 1 aromatic heterocycles. The van der Waals surface area contributed by atoms with Crippen LogP contribution in [0.3, 0.4) is 0 Å². The predicted molar refractivity (Wildman–Crippen MR) is 91.7 cm³/mol. The van der Waals surface area contributed by atoms with Gasteiger partial charge in [-0.1, -0.05) is 0 Å². The van der Waals surface area contributed by atoms with Gasteiger partial charge in [-0.2, -0.15) is 0 Å². The molecular formula is C16H28N6O. The molecule has 0 saturated carbocycles. The zero-order valence-corrected chi connectivity index (χ0v) is 14.6. The number of nitrogens with one attached hydrogen (secondary N) is 1. The first-order valence-electron chi connectivity index (χ1n) is 8.15. The summed E-state index contributed by atoms with van der Waals surface area (Å²) in [7, 11) is 8.12. The molecule has 1 aliphatic rings. The number of anilines is 1. The van der Waals surface area contributed by atoms with Crippen LogP contribution in [0, 0.1) is 0 Å². The van der Waals surface area contributed by atoms with Crippen LogP contribution >= 0.6 is 0 Å². The van der Waals surface area contributed by atoms with Crippen LogP contribution in [0.1, 0.15) is 23.2 Å². The molecule has 0 radical (unpaired) electrons. The highest BCUT2D eigenvalue weighted by Gasteiger charge is 2.26. The molecule has 1 aromatic rings. The molecule has 1 amide bonds. The summed E-state index contributed by atoms with van der Waals surface area (Å²) in [5.41, 5.74) is 0.559.